The van der Waals surface area contributed by atoms with Gasteiger partial charge >= 0.3 is 17.9 Å². The number of aromatic nitrogens is 10. The Morgan fingerprint density at radius 2 is 0.632 bits per heavy atom. The van der Waals surface area contributed by atoms with E-state index in [2.05, 4.69) is 108 Å². The molecule has 0 atom stereocenters. The highest BCUT2D eigenvalue weighted by atomic mass is 32.2. The van der Waals surface area contributed by atoms with Crippen LogP contribution in [0.3, 0.4) is 0 Å². The molecule has 133 heavy (non-hydrogen) atoms. The van der Waals surface area contributed by atoms with Gasteiger partial charge in [-0.15, -0.1) is 79.4 Å². The normalized spacial score (nSPS) is 11.0. The van der Waals surface area contributed by atoms with E-state index in [4.69, 9.17) is 15.2 Å². The summed E-state index contributed by atoms with van der Waals surface area (Å²) < 4.78 is 59.4. The maximum Gasteiger partial charge on any atom is 0.335 e. The van der Waals surface area contributed by atoms with Crippen molar-refractivity contribution in [2.24, 2.45) is 0 Å². The van der Waals surface area contributed by atoms with Crippen molar-refractivity contribution in [1.29, 1.82) is 0 Å². The molecule has 5 aromatic carbocycles. The highest BCUT2D eigenvalue weighted by Crippen LogP contribution is 2.43. The Balaban J connectivity index is 0.000000160. The number of nitrogen functional groups attached to an aromatic ring is 1. The van der Waals surface area contributed by atoms with E-state index < -0.39 is 37.6 Å². The first-order valence-electron chi connectivity index (χ1n) is 41.0. The average molecular weight is 2030 g/mol. The standard InChI is InChI=1S/C19H20N4O3S2.C18H20N4O4S3.C18H19N3O2S2.C17H18N4O2S2.C17H19N3O3S3/c1-4-5-12-6-7-13(17(25)26)8-14(12)22-18-23-15(9-27-18)16-10(2)20-19(28-16)21-11(3)24;1-5-29(24,25)12-6-7-15(26-4)13(8-12)21-17-22-14(9-27-17)16-10(2)19-18(28-16)20-11(3)23;1-4-5-12-6-7-13(17(22)23)8-14(12)20-18-21-15(9-24-18)16-10(2)19-11(3)25-16;1-3-4-10-5-6-11(15(22)23)7-12(10)20-17-21-13(8-24-17)14-9(2)19-16(18)25-14;1-5-26(21,22)12-6-7-15(23-4)13(8-12)19-17-20-14(9-24-17)16-10(2)18-11(3)25-16/h6-9H,4-5H2,1-3H3,(H,22,23)(H,25,26)(H,20,21,24);6-9H,5H2,1-4H3,(H,21,22)(H,19,20,23);6-9H,4-5H2,1-3H3,(H,20,21)(H,22,23);5-8H,3-4H2,1-2H3,(H2,18,19)(H,20,21)(H,22,23);6-9H,5H2,1-4H3,(H,19,20). The molecule has 10 heterocycles. The second-order valence-electron chi connectivity index (χ2n) is 29.1. The number of carbonyl (C=O) groups excluding carboxylic acids is 2. The number of hydrogen-bond donors (Lipinski definition) is 11. The van der Waals surface area contributed by atoms with Gasteiger partial charge in [-0.25, -0.2) is 81.1 Å². The van der Waals surface area contributed by atoms with Crippen LogP contribution in [0.15, 0.2) is 128 Å². The fourth-order valence-electron chi connectivity index (χ4n) is 12.9. The maximum absolute atomic E-state index is 12.2. The highest BCUT2D eigenvalue weighted by molar-refractivity contribution is 7.91. The molecular weight excluding hydrogens is 1930 g/mol. The average Bonchev–Trinajstić information content (AvgIpc) is 1.35. The number of amides is 2. The molecule has 0 fully saturated rings. The van der Waals surface area contributed by atoms with E-state index in [1.807, 2.05) is 93.6 Å². The third-order valence-electron chi connectivity index (χ3n) is 19.1. The predicted molar refractivity (Wildman–Crippen MR) is 542 cm³/mol. The van der Waals surface area contributed by atoms with Crippen LogP contribution in [0.2, 0.25) is 0 Å². The van der Waals surface area contributed by atoms with Gasteiger partial charge in [-0.2, -0.15) is 0 Å². The fraction of sp³-hybridized carbons (Fsp3) is 0.270. The Hall–Kier alpha value is -12.0. The van der Waals surface area contributed by atoms with Crippen LogP contribution in [0.1, 0.15) is 154 Å². The first-order valence-corrected chi connectivity index (χ1v) is 52.8. The van der Waals surface area contributed by atoms with Crippen LogP contribution in [0, 0.1) is 48.5 Å². The van der Waals surface area contributed by atoms with Crippen molar-refractivity contribution in [2.45, 2.75) is 145 Å². The van der Waals surface area contributed by atoms with Crippen molar-refractivity contribution in [3.8, 4) is 64.4 Å². The Morgan fingerprint density at radius 1 is 0.353 bits per heavy atom. The summed E-state index contributed by atoms with van der Waals surface area (Å²) in [5.74, 6) is -2.05. The Kier molecular flexibility index (Phi) is 35.2. The van der Waals surface area contributed by atoms with Crippen LogP contribution in [-0.4, -0.2) is 137 Å². The number of nitrogens with zero attached hydrogens (tertiary/aromatic N) is 10. The lowest BCUT2D eigenvalue weighted by Gasteiger charge is -2.11. The maximum atomic E-state index is 12.2. The minimum Gasteiger partial charge on any atom is -0.495 e. The summed E-state index contributed by atoms with van der Waals surface area (Å²) in [7, 11) is -3.57. The topological polar surface area (TPSA) is 472 Å². The summed E-state index contributed by atoms with van der Waals surface area (Å²) in [6, 6.07) is 24.9. The molecule has 0 aliphatic carbocycles. The molecule has 0 unspecified atom stereocenters. The summed E-state index contributed by atoms with van der Waals surface area (Å²) >= 11 is 14.6. The van der Waals surface area contributed by atoms with E-state index in [0.717, 1.165) is 169 Å². The van der Waals surface area contributed by atoms with E-state index in [1.165, 1.54) is 118 Å². The summed E-state index contributed by atoms with van der Waals surface area (Å²) in [5.41, 5.74) is 21.6. The highest BCUT2D eigenvalue weighted by Gasteiger charge is 2.24. The fourth-order valence-corrected chi connectivity index (χ4v) is 23.1. The number of ether oxygens (including phenoxy) is 2. The van der Waals surface area contributed by atoms with E-state index in [-0.39, 0.29) is 49.8 Å². The zero-order chi connectivity index (χ0) is 96.3. The number of sulfone groups is 2. The van der Waals surface area contributed by atoms with Crippen molar-refractivity contribution in [1.82, 2.24) is 49.8 Å². The molecule has 15 aromatic rings. The van der Waals surface area contributed by atoms with Crippen molar-refractivity contribution in [2.75, 3.05) is 68.7 Å². The van der Waals surface area contributed by atoms with Crippen molar-refractivity contribution in [3.63, 3.8) is 0 Å². The molecule has 0 aliphatic heterocycles. The van der Waals surface area contributed by atoms with Crippen LogP contribution in [0.25, 0.3) is 52.9 Å². The monoisotopic (exact) mass is 2020 g/mol. The van der Waals surface area contributed by atoms with E-state index in [9.17, 15) is 56.1 Å². The second-order valence-corrected chi connectivity index (χ2v) is 43.4. The Morgan fingerprint density at radius 3 is 0.880 bits per heavy atom. The molecule has 32 nitrogen and oxygen atoms in total. The third kappa shape index (κ3) is 27.0. The first-order chi connectivity index (χ1) is 63.4. The van der Waals surface area contributed by atoms with Gasteiger partial charge in [0.25, 0.3) is 0 Å². The summed E-state index contributed by atoms with van der Waals surface area (Å²) in [5, 5.41) is 65.9. The SMILES string of the molecule is CCCc1ccc(C(=O)O)cc1Nc1nc(-c2sc(C)nc2C)cs1.CCCc1ccc(C(=O)O)cc1Nc1nc(-c2sc(N)nc2C)cs1.CCCc1ccc(C(=O)O)cc1Nc1nc(-c2sc(NC(C)=O)nc2C)cs1.CCS(=O)(=O)c1ccc(OC)c(Nc2nc(-c3sc(C)nc3C)cs2)c1.CCS(=O)(=O)c1ccc(OC)c(Nc2nc(-c3sc(NC(C)=O)nc3C)cs2)c1. The van der Waals surface area contributed by atoms with Gasteiger partial charge < -0.3 is 67.7 Å². The zero-order valence-corrected chi connectivity index (χ0v) is 84.8. The number of carboxylic acid groups (broad SMARTS) is 3. The number of rotatable bonds is 32. The Bertz CT molecular complexity index is 6790. The zero-order valence-electron chi connectivity index (χ0n) is 75.0. The number of hydrogen-bond acceptors (Lipinski definition) is 37. The minimum absolute atomic E-state index is 0.0153. The van der Waals surface area contributed by atoms with Gasteiger partial charge in [-0.05, 0) is 157 Å². The number of aryl methyl sites for hydroxylation is 10. The number of thiazole rings is 10. The lowest BCUT2D eigenvalue weighted by molar-refractivity contribution is -0.115. The smallest absolute Gasteiger partial charge is 0.335 e. The molecular formula is C89H96N18O14S12. The van der Waals surface area contributed by atoms with Gasteiger partial charge in [0.2, 0.25) is 11.8 Å². The van der Waals surface area contributed by atoms with Crippen LogP contribution in [-0.2, 0) is 48.5 Å². The van der Waals surface area contributed by atoms with Crippen molar-refractivity contribution < 1.29 is 65.6 Å². The van der Waals surface area contributed by atoms with Crippen LogP contribution >= 0.6 is 113 Å². The molecule has 0 spiro atoms. The minimum atomic E-state index is -3.34. The molecule has 12 N–H and O–H groups in total. The Labute approximate surface area is 808 Å². The van der Waals surface area contributed by atoms with Gasteiger partial charge in [0, 0.05) is 57.8 Å². The molecule has 2 amide bonds. The lowest BCUT2D eigenvalue weighted by atomic mass is 10.0. The molecule has 10 aromatic heterocycles. The van der Waals surface area contributed by atoms with Crippen LogP contribution in [0.4, 0.5) is 69.5 Å². The number of benzene rings is 5. The van der Waals surface area contributed by atoms with Gasteiger partial charge in [-0.1, -0.05) is 106 Å². The van der Waals surface area contributed by atoms with E-state index >= 15 is 0 Å². The van der Waals surface area contributed by atoms with Crippen LogP contribution in [0.5, 0.6) is 11.5 Å². The number of nitrogens with one attached hydrogen (secondary N) is 7. The van der Waals surface area contributed by atoms with Gasteiger partial charge in [0.15, 0.2) is 60.7 Å². The number of nitrogens with two attached hydrogens (primary N) is 1. The number of methoxy groups -OCH3 is 2. The number of aromatic carboxylic acids is 3. The predicted octanol–water partition coefficient (Wildman–Crippen LogP) is 23.3. The molecule has 0 saturated carbocycles. The second kappa shape index (κ2) is 46.1. The number of anilines is 13. The molecule has 15 rings (SSSR count). The molecule has 0 saturated heterocycles. The van der Waals surface area contributed by atoms with E-state index in [1.54, 1.807) is 110 Å². The molecule has 698 valence electrons. The lowest BCUT2D eigenvalue weighted by Crippen LogP contribution is -2.05. The number of carbonyl (C=O) groups is 5. The summed E-state index contributed by atoms with van der Waals surface area (Å²) in [4.78, 5) is 106. The van der Waals surface area contributed by atoms with Gasteiger partial charge in [0.1, 0.15) is 11.5 Å². The van der Waals surface area contributed by atoms with Crippen molar-refractivity contribution >= 4 is 232 Å². The largest absolute Gasteiger partial charge is 0.495 e. The van der Waals surface area contributed by atoms with Crippen molar-refractivity contribution in [3.05, 3.63) is 190 Å². The van der Waals surface area contributed by atoms with Gasteiger partial charge in [0.05, 0.1) is 155 Å². The molecule has 0 bridgehead atoms. The van der Waals surface area contributed by atoms with Crippen LogP contribution < -0.4 is 52.4 Å². The molecule has 0 aliphatic rings. The number of carboxylic acids is 3. The summed E-state index contributed by atoms with van der Waals surface area (Å²) in [6.45, 7) is 25.9. The quantitative estimate of drug-likeness (QED) is 0.0186. The molecule has 0 radical (unpaired) electrons. The van der Waals surface area contributed by atoms with E-state index in [0.29, 0.717) is 58.8 Å². The van der Waals surface area contributed by atoms with Gasteiger partial charge in [-0.3, -0.25) is 9.59 Å². The third-order valence-corrected chi connectivity index (χ3v) is 31.8. The molecule has 44 heteroatoms. The first kappa shape index (κ1) is 102. The summed E-state index contributed by atoms with van der Waals surface area (Å²) in [6.07, 6.45) is 5.51.